The Kier molecular flexibility index (Phi) is 16.5. The fourth-order valence-electron chi connectivity index (χ4n) is 10.8. The molecule has 7 atom stereocenters. The molecule has 0 spiro atoms. The van der Waals surface area contributed by atoms with Gasteiger partial charge in [-0.1, -0.05) is 99.0 Å². The molecule has 10 nitrogen and oxygen atoms in total. The number of carbonyl (C=O) groups excluding carboxylic acids is 2. The molecule has 2 aliphatic heterocycles. The summed E-state index contributed by atoms with van der Waals surface area (Å²) in [5.41, 5.74) is 9.71. The van der Waals surface area contributed by atoms with Gasteiger partial charge in [0.1, 0.15) is 18.3 Å². The number of esters is 2. The van der Waals surface area contributed by atoms with Crippen LogP contribution in [0.3, 0.4) is 0 Å². The van der Waals surface area contributed by atoms with Gasteiger partial charge in [-0.3, -0.25) is 19.6 Å². The summed E-state index contributed by atoms with van der Waals surface area (Å²) in [6.45, 7) is 23.8. The van der Waals surface area contributed by atoms with Gasteiger partial charge in [-0.2, -0.15) is 0 Å². The highest BCUT2D eigenvalue weighted by Gasteiger charge is 2.42. The molecule has 0 saturated heterocycles. The van der Waals surface area contributed by atoms with Crippen molar-refractivity contribution in [2.45, 2.75) is 183 Å². The van der Waals surface area contributed by atoms with Gasteiger partial charge in [-0.15, -0.1) is 0 Å². The van der Waals surface area contributed by atoms with Crippen LogP contribution in [-0.4, -0.2) is 55.8 Å². The Labute approximate surface area is 387 Å². The highest BCUT2D eigenvalue weighted by atomic mass is 16.5. The first-order valence-electron chi connectivity index (χ1n) is 24.7. The predicted octanol–water partition coefficient (Wildman–Crippen LogP) is 12.4. The molecular weight excluding hydrogens is 813 g/mol. The molecule has 0 aromatic carbocycles. The maximum atomic E-state index is 13.7. The third-order valence-corrected chi connectivity index (χ3v) is 14.9. The van der Waals surface area contributed by atoms with Gasteiger partial charge in [-0.25, -0.2) is 0 Å². The average Bonchev–Trinajstić information content (AvgIpc) is 4.00. The average molecular weight is 891 g/mol. The number of nitrogens with zero attached hydrogens (tertiary/aromatic N) is 2. The van der Waals surface area contributed by atoms with Crippen LogP contribution >= 0.6 is 0 Å². The fraction of sp³-hybridized carbons (Fsp3) is 0.600. The van der Waals surface area contributed by atoms with E-state index in [0.29, 0.717) is 34.3 Å². The Balaban J connectivity index is 1.25. The van der Waals surface area contributed by atoms with E-state index in [1.807, 2.05) is 26.0 Å². The molecule has 3 aromatic heterocycles. The second kappa shape index (κ2) is 21.6. The van der Waals surface area contributed by atoms with Crippen molar-refractivity contribution < 1.29 is 29.3 Å². The first-order chi connectivity index (χ1) is 30.9. The molecule has 0 unspecified atom stereocenters. The van der Waals surface area contributed by atoms with Gasteiger partial charge < -0.3 is 29.7 Å². The number of nitrogens with one attached hydrogen (secondary N) is 2. The zero-order valence-electron chi connectivity index (χ0n) is 41.5. The molecule has 354 valence electrons. The largest absolute Gasteiger partial charge is 0.512 e. The van der Waals surface area contributed by atoms with Crippen molar-refractivity contribution in [3.05, 3.63) is 79.8 Å². The zero-order valence-corrected chi connectivity index (χ0v) is 41.5. The van der Waals surface area contributed by atoms with Crippen molar-refractivity contribution in [3.8, 4) is 0 Å². The van der Waals surface area contributed by atoms with Crippen LogP contribution in [0.25, 0.3) is 33.6 Å². The number of ether oxygens (including phenoxy) is 2. The highest BCUT2D eigenvalue weighted by molar-refractivity contribution is 5.96. The normalized spacial score (nSPS) is 20.9. The standard InChI is InChI=1S/C55H78N4O6/c1-13-39-34(7)41-29-46-48(38(11)60)36(9)43(57-46)27-42-35(8)40(52(58-42)50-51(55(63)64-12)54(62)49-37(10)44(59-53(49)50)28-45(39)56-41)23-24-47(61)65-26-25-33(6)22-16-21-32(5)20-15-19-31(4)18-14-17-30(2)3/h25,27-32,34-35,39-40,51,57,59-60,62H,13-24,26H2,1-12H3/b33-25+,42-27?,45-28?,46-29?,48-38?/t31-,32-,34+,35-,39+,40-,51+/m0/s1. The van der Waals surface area contributed by atoms with Gasteiger partial charge in [0.15, 0.2) is 0 Å². The minimum atomic E-state index is -1.09. The smallest absolute Gasteiger partial charge is 0.321 e. The van der Waals surface area contributed by atoms with Gasteiger partial charge in [0.25, 0.3) is 0 Å². The first-order valence-corrected chi connectivity index (χ1v) is 24.7. The SMILES string of the molecule is CC[C@H]1c2cc3[nH]c4c(c5nc(cc6[nH]c(cc(n2)[C@@H]1C)c(=C(C)O)c6C)[C@@H](C)[C@@H]5CCC(=O)OC/C=C(\C)CCC[C@@H](C)CCC[C@@H](C)CCCC(C)C)[C@@H](C(=O)OC)C(O)=c4c3C. The number of methoxy groups -OCH3 is 1. The molecule has 0 saturated carbocycles. The van der Waals surface area contributed by atoms with Crippen LogP contribution < -0.4 is 10.4 Å². The van der Waals surface area contributed by atoms with Crippen LogP contribution in [0.5, 0.6) is 0 Å². The van der Waals surface area contributed by atoms with Crippen molar-refractivity contribution in [2.24, 2.45) is 17.8 Å². The highest BCUT2D eigenvalue weighted by Crippen LogP contribution is 2.46. The molecule has 4 N–H and O–H groups in total. The van der Waals surface area contributed by atoms with Crippen LogP contribution in [-0.2, 0) is 19.1 Å². The first kappa shape index (κ1) is 49.6. The predicted molar refractivity (Wildman–Crippen MR) is 264 cm³/mol. The molecule has 3 aliphatic rings. The number of aliphatic hydroxyl groups excluding tert-OH is 2. The van der Waals surface area contributed by atoms with Crippen LogP contribution in [0.1, 0.15) is 208 Å². The van der Waals surface area contributed by atoms with E-state index in [9.17, 15) is 19.8 Å². The van der Waals surface area contributed by atoms with E-state index in [-0.39, 0.29) is 54.2 Å². The van der Waals surface area contributed by atoms with Crippen molar-refractivity contribution in [1.29, 1.82) is 0 Å². The summed E-state index contributed by atoms with van der Waals surface area (Å²) < 4.78 is 11.1. The summed E-state index contributed by atoms with van der Waals surface area (Å²) in [4.78, 5) is 44.8. The Morgan fingerprint density at radius 3 is 2.05 bits per heavy atom. The van der Waals surface area contributed by atoms with E-state index in [1.54, 1.807) is 6.92 Å². The van der Waals surface area contributed by atoms with E-state index >= 15 is 0 Å². The quantitative estimate of drug-likeness (QED) is 0.0686. The molecule has 6 rings (SSSR count). The number of aromatic nitrogens is 4. The van der Waals surface area contributed by atoms with Crippen LogP contribution in [0.2, 0.25) is 0 Å². The fourth-order valence-corrected chi connectivity index (χ4v) is 10.8. The number of carbonyl (C=O) groups is 2. The molecule has 8 bridgehead atoms. The van der Waals surface area contributed by atoms with Gasteiger partial charge >= 0.3 is 11.9 Å². The minimum Gasteiger partial charge on any atom is -0.512 e. The van der Waals surface area contributed by atoms with Crippen molar-refractivity contribution in [1.82, 2.24) is 19.9 Å². The van der Waals surface area contributed by atoms with Crippen molar-refractivity contribution in [3.63, 3.8) is 0 Å². The Bertz CT molecular complexity index is 2540. The van der Waals surface area contributed by atoms with Crippen molar-refractivity contribution >= 4 is 45.5 Å². The maximum absolute atomic E-state index is 13.7. The molecule has 0 amide bonds. The number of aryl methyl sites for hydroxylation is 2. The molecule has 10 heteroatoms. The lowest BCUT2D eigenvalue weighted by Gasteiger charge is -2.19. The number of H-pyrrole nitrogens is 2. The summed E-state index contributed by atoms with van der Waals surface area (Å²) in [6.07, 6.45) is 14.8. The van der Waals surface area contributed by atoms with E-state index in [0.717, 1.165) is 81.1 Å². The lowest BCUT2D eigenvalue weighted by molar-refractivity contribution is -0.143. The second-order valence-electron chi connectivity index (χ2n) is 20.4. The van der Waals surface area contributed by atoms with E-state index in [2.05, 4.69) is 77.5 Å². The lowest BCUT2D eigenvalue weighted by Crippen LogP contribution is -2.18. The molecule has 65 heavy (non-hydrogen) atoms. The molecule has 5 heterocycles. The number of rotatable bonds is 19. The Morgan fingerprint density at radius 2 is 1.40 bits per heavy atom. The summed E-state index contributed by atoms with van der Waals surface area (Å²) in [7, 11) is 1.33. The van der Waals surface area contributed by atoms with Gasteiger partial charge in [0.05, 0.1) is 29.6 Å². The van der Waals surface area contributed by atoms with Gasteiger partial charge in [-0.05, 0) is 107 Å². The lowest BCUT2D eigenvalue weighted by atomic mass is 9.84. The number of hydrogen-bond donors (Lipinski definition) is 4. The van der Waals surface area contributed by atoms with Gasteiger partial charge in [0.2, 0.25) is 0 Å². The molecule has 0 radical (unpaired) electrons. The van der Waals surface area contributed by atoms with Crippen LogP contribution in [0, 0.1) is 31.6 Å². The number of fused-ring (bicyclic) bond motifs is 8. The third-order valence-electron chi connectivity index (χ3n) is 14.9. The molecule has 1 aliphatic carbocycles. The number of aromatic amines is 2. The molecule has 3 aromatic rings. The maximum Gasteiger partial charge on any atom is 0.321 e. The van der Waals surface area contributed by atoms with E-state index in [1.165, 1.54) is 57.6 Å². The van der Waals surface area contributed by atoms with E-state index in [4.69, 9.17) is 19.4 Å². The number of hydrogen-bond acceptors (Lipinski definition) is 8. The Morgan fingerprint density at radius 1 is 0.800 bits per heavy atom. The number of aliphatic hydroxyl groups is 2. The van der Waals surface area contributed by atoms with E-state index < -0.39 is 11.9 Å². The monoisotopic (exact) mass is 891 g/mol. The van der Waals surface area contributed by atoms with Crippen molar-refractivity contribution in [2.75, 3.05) is 13.7 Å². The minimum absolute atomic E-state index is 0.0748. The zero-order chi connectivity index (χ0) is 47.3. The molecular formula is C55H78N4O6. The topological polar surface area (TPSA) is 150 Å². The summed E-state index contributed by atoms with van der Waals surface area (Å²) in [5.74, 6) is 0.302. The second-order valence-corrected chi connectivity index (χ2v) is 20.4. The summed E-state index contributed by atoms with van der Waals surface area (Å²) in [5, 5.41) is 24.2. The third kappa shape index (κ3) is 11.1. The van der Waals surface area contributed by atoms with Gasteiger partial charge in [0, 0.05) is 74.2 Å². The van der Waals surface area contributed by atoms with Crippen LogP contribution in [0.15, 0.2) is 29.8 Å². The molecule has 0 fully saturated rings. The number of allylic oxidation sites excluding steroid dienone is 1. The summed E-state index contributed by atoms with van der Waals surface area (Å²) >= 11 is 0. The Hall–Kier alpha value is -4.86. The summed E-state index contributed by atoms with van der Waals surface area (Å²) in [6, 6.07) is 6.12. The van der Waals surface area contributed by atoms with Crippen LogP contribution in [0.4, 0.5) is 0 Å².